The molecular formula is C34H42N6O8S2. The summed E-state index contributed by atoms with van der Waals surface area (Å²) in [4.78, 5) is 42.9. The van der Waals surface area contributed by atoms with Crippen molar-refractivity contribution in [2.45, 2.75) is 56.0 Å². The molecule has 2 aliphatic heterocycles. The molecule has 1 atom stereocenters. The summed E-state index contributed by atoms with van der Waals surface area (Å²) >= 11 is 0.982. The fourth-order valence-electron chi connectivity index (χ4n) is 6.23. The minimum absolute atomic E-state index is 0.0125. The number of carbonyl (C=O) groups is 3. The standard InChI is InChI=1S/C34H42N6O8S2/c1-47-29(41)17-21-8-13-40(14-9-21)20-23-5-2-3-6-25(23)24-18-22-10-15-48-30(22)28(19-24)50(45,46)39-26-11-16-49-31(26)32(42)38-27(33(43)44)7-4-12-37-34(35)36/h2-3,5-6,11,16,18-19,21,27,39H,4,7-10,12-15,17,20H2,1H3,(H,38,42)(H,43,44)(H4,35,36,37)/t27-/m0/s1. The minimum atomic E-state index is -4.28. The summed E-state index contributed by atoms with van der Waals surface area (Å²) in [6, 6.07) is 11.7. The normalized spacial score (nSPS) is 15.4. The van der Waals surface area contributed by atoms with Gasteiger partial charge >= 0.3 is 11.9 Å². The molecule has 16 heteroatoms. The Morgan fingerprint density at radius 2 is 1.92 bits per heavy atom. The van der Waals surface area contributed by atoms with Crippen molar-refractivity contribution in [3.8, 4) is 16.9 Å². The van der Waals surface area contributed by atoms with E-state index >= 15 is 0 Å². The zero-order valence-corrected chi connectivity index (χ0v) is 29.4. The van der Waals surface area contributed by atoms with Crippen LogP contribution in [-0.2, 0) is 37.3 Å². The van der Waals surface area contributed by atoms with E-state index in [1.165, 1.54) is 13.2 Å². The van der Waals surface area contributed by atoms with E-state index in [1.807, 2.05) is 30.3 Å². The van der Waals surface area contributed by atoms with E-state index in [0.29, 0.717) is 38.3 Å². The van der Waals surface area contributed by atoms with Gasteiger partial charge in [0.1, 0.15) is 21.6 Å². The van der Waals surface area contributed by atoms with Crippen LogP contribution >= 0.6 is 11.3 Å². The maximum atomic E-state index is 14.0. The van der Waals surface area contributed by atoms with Crippen molar-refractivity contribution >= 4 is 50.9 Å². The van der Waals surface area contributed by atoms with Crippen molar-refractivity contribution in [1.29, 1.82) is 0 Å². The number of nitrogens with zero attached hydrogens (tertiary/aromatic N) is 2. The maximum absolute atomic E-state index is 14.0. The van der Waals surface area contributed by atoms with Crippen LogP contribution in [0.1, 0.15) is 52.9 Å². The molecule has 268 valence electrons. The summed E-state index contributed by atoms with van der Waals surface area (Å²) < 4.78 is 41.2. The number of carboxylic acids is 1. The first-order chi connectivity index (χ1) is 23.9. The molecule has 0 radical (unpaired) electrons. The van der Waals surface area contributed by atoms with Crippen LogP contribution in [0.15, 0.2) is 57.7 Å². The number of hydrogen-bond donors (Lipinski definition) is 5. The number of carboxylic acid groups (broad SMARTS) is 1. The number of piperidine rings is 1. The number of nitrogens with one attached hydrogen (secondary N) is 2. The molecule has 1 saturated heterocycles. The summed E-state index contributed by atoms with van der Waals surface area (Å²) in [5, 5.41) is 13.7. The van der Waals surface area contributed by atoms with E-state index in [4.69, 9.17) is 20.9 Å². The molecule has 0 unspecified atom stereocenters. The van der Waals surface area contributed by atoms with E-state index in [-0.39, 0.29) is 46.1 Å². The van der Waals surface area contributed by atoms with Crippen LogP contribution in [-0.4, -0.2) is 81.6 Å². The number of likely N-dealkylation sites (tertiary alicyclic amines) is 1. The van der Waals surface area contributed by atoms with Crippen LogP contribution in [0.3, 0.4) is 0 Å². The van der Waals surface area contributed by atoms with Gasteiger partial charge in [0.25, 0.3) is 15.9 Å². The molecule has 7 N–H and O–H groups in total. The molecule has 14 nitrogen and oxygen atoms in total. The highest BCUT2D eigenvalue weighted by Crippen LogP contribution is 2.40. The van der Waals surface area contributed by atoms with E-state index in [9.17, 15) is 27.9 Å². The van der Waals surface area contributed by atoms with Crippen LogP contribution < -0.4 is 26.2 Å². The van der Waals surface area contributed by atoms with Crippen LogP contribution in [0.5, 0.6) is 5.75 Å². The van der Waals surface area contributed by atoms with E-state index < -0.39 is 27.9 Å². The van der Waals surface area contributed by atoms with Crippen molar-refractivity contribution < 1.29 is 37.4 Å². The molecule has 2 aliphatic rings. The Morgan fingerprint density at radius 3 is 2.64 bits per heavy atom. The van der Waals surface area contributed by atoms with Gasteiger partial charge < -0.3 is 31.4 Å². The summed E-state index contributed by atoms with van der Waals surface area (Å²) in [5.41, 5.74) is 14.1. The SMILES string of the molecule is COC(=O)CC1CCN(Cc2ccccc2-c2cc3c(c(S(=O)(=O)Nc4ccsc4C(=O)N[C@@H](CCCN=C(N)N)C(=O)O)c2)OCC3)CC1. The number of esters is 1. The number of methoxy groups -OCH3 is 1. The Morgan fingerprint density at radius 1 is 1.16 bits per heavy atom. The van der Waals surface area contributed by atoms with E-state index in [2.05, 4.69) is 19.9 Å². The number of guanidine groups is 1. The summed E-state index contributed by atoms with van der Waals surface area (Å²) in [7, 11) is -2.87. The number of thiophene rings is 1. The lowest BCUT2D eigenvalue weighted by molar-refractivity contribution is -0.142. The largest absolute Gasteiger partial charge is 0.492 e. The molecule has 50 heavy (non-hydrogen) atoms. The number of amides is 1. The molecule has 0 aliphatic carbocycles. The molecular weight excluding hydrogens is 685 g/mol. The number of sulfonamides is 1. The van der Waals surface area contributed by atoms with Crippen molar-refractivity contribution in [2.75, 3.05) is 38.1 Å². The van der Waals surface area contributed by atoms with Gasteiger partial charge in [-0.25, -0.2) is 13.2 Å². The molecule has 1 fully saturated rings. The number of anilines is 1. The van der Waals surface area contributed by atoms with Gasteiger partial charge in [-0.05, 0) is 90.5 Å². The van der Waals surface area contributed by atoms with Crippen molar-refractivity contribution in [3.05, 3.63) is 63.8 Å². The third-order valence-electron chi connectivity index (χ3n) is 8.82. The number of aliphatic carboxylic acids is 1. The Kier molecular flexibility index (Phi) is 12.0. The van der Waals surface area contributed by atoms with Crippen molar-refractivity contribution in [1.82, 2.24) is 10.2 Å². The molecule has 0 spiro atoms. The van der Waals surface area contributed by atoms with E-state index in [1.54, 1.807) is 11.4 Å². The molecule has 0 saturated carbocycles. The summed E-state index contributed by atoms with van der Waals surface area (Å²) in [5.74, 6) is -1.72. The average Bonchev–Trinajstić information content (AvgIpc) is 3.76. The highest BCUT2D eigenvalue weighted by Gasteiger charge is 2.30. The second-order valence-electron chi connectivity index (χ2n) is 12.3. The number of hydrogen-bond acceptors (Lipinski definition) is 10. The van der Waals surface area contributed by atoms with Gasteiger partial charge in [0.2, 0.25) is 0 Å². The molecule has 2 aromatic carbocycles. The number of benzene rings is 2. The van der Waals surface area contributed by atoms with Crippen LogP contribution in [0.2, 0.25) is 0 Å². The third-order valence-corrected chi connectivity index (χ3v) is 11.1. The number of carbonyl (C=O) groups excluding carboxylic acids is 2. The quantitative estimate of drug-likeness (QED) is 0.0664. The van der Waals surface area contributed by atoms with Crippen molar-refractivity contribution in [3.63, 3.8) is 0 Å². The zero-order valence-electron chi connectivity index (χ0n) is 27.7. The fourth-order valence-corrected chi connectivity index (χ4v) is 8.33. The molecule has 0 bridgehead atoms. The first-order valence-electron chi connectivity index (χ1n) is 16.3. The number of rotatable bonds is 15. The lowest BCUT2D eigenvalue weighted by Crippen LogP contribution is -2.40. The van der Waals surface area contributed by atoms with Gasteiger partial charge in [-0.3, -0.25) is 24.2 Å². The Bertz CT molecular complexity index is 1850. The smallest absolute Gasteiger partial charge is 0.326 e. The summed E-state index contributed by atoms with van der Waals surface area (Å²) in [6.07, 6.45) is 3.11. The first kappa shape index (κ1) is 36.6. The highest BCUT2D eigenvalue weighted by molar-refractivity contribution is 7.92. The lowest BCUT2D eigenvalue weighted by Gasteiger charge is -2.32. The van der Waals surface area contributed by atoms with Gasteiger partial charge in [-0.15, -0.1) is 11.3 Å². The predicted molar refractivity (Wildman–Crippen MR) is 190 cm³/mol. The van der Waals surface area contributed by atoms with Gasteiger partial charge in [0, 0.05) is 25.9 Å². The van der Waals surface area contributed by atoms with Gasteiger partial charge in [-0.2, -0.15) is 0 Å². The number of aliphatic imine (C=N–C) groups is 1. The zero-order chi connectivity index (χ0) is 35.8. The molecule has 3 aromatic rings. The maximum Gasteiger partial charge on any atom is 0.326 e. The second-order valence-corrected chi connectivity index (χ2v) is 14.9. The lowest BCUT2D eigenvalue weighted by atomic mass is 9.92. The topological polar surface area (TPSA) is 216 Å². The fraction of sp³-hybridized carbons (Fsp3) is 0.412. The average molecular weight is 727 g/mol. The minimum Gasteiger partial charge on any atom is -0.492 e. The Balaban J connectivity index is 1.35. The first-order valence-corrected chi connectivity index (χ1v) is 18.7. The molecule has 1 aromatic heterocycles. The predicted octanol–water partition coefficient (Wildman–Crippen LogP) is 3.16. The third kappa shape index (κ3) is 9.11. The van der Waals surface area contributed by atoms with Gasteiger partial charge in [0.15, 0.2) is 5.96 Å². The van der Waals surface area contributed by atoms with Crippen molar-refractivity contribution in [2.24, 2.45) is 22.4 Å². The highest BCUT2D eigenvalue weighted by atomic mass is 32.2. The molecule has 1 amide bonds. The van der Waals surface area contributed by atoms with Gasteiger partial charge in [-0.1, -0.05) is 24.3 Å². The van der Waals surface area contributed by atoms with Crippen LogP contribution in [0, 0.1) is 5.92 Å². The summed E-state index contributed by atoms with van der Waals surface area (Å²) in [6.45, 7) is 2.85. The second kappa shape index (κ2) is 16.4. The molecule has 5 rings (SSSR count). The van der Waals surface area contributed by atoms with E-state index in [0.717, 1.165) is 59.5 Å². The monoisotopic (exact) mass is 726 g/mol. The Hall–Kier alpha value is -4.67. The van der Waals surface area contributed by atoms with Crippen LogP contribution in [0.25, 0.3) is 11.1 Å². The number of nitrogens with two attached hydrogens (primary N) is 2. The van der Waals surface area contributed by atoms with Gasteiger partial charge in [0.05, 0.1) is 19.4 Å². The molecule has 3 heterocycles. The Labute approximate surface area is 294 Å². The van der Waals surface area contributed by atoms with Crippen LogP contribution in [0.4, 0.5) is 5.69 Å². The number of fused-ring (bicyclic) bond motifs is 1. The number of ether oxygens (including phenoxy) is 2.